The average Bonchev–Trinajstić information content (AvgIpc) is 2.94. The van der Waals surface area contributed by atoms with Crippen molar-refractivity contribution in [3.8, 4) is 11.3 Å². The first-order valence-corrected chi connectivity index (χ1v) is 8.83. The van der Waals surface area contributed by atoms with Gasteiger partial charge in [-0.1, -0.05) is 45.0 Å². The zero-order valence-corrected chi connectivity index (χ0v) is 14.7. The lowest BCUT2D eigenvalue weighted by atomic mass is 9.87. The van der Waals surface area contributed by atoms with Crippen LogP contribution in [-0.4, -0.2) is 4.98 Å². The Morgan fingerprint density at radius 3 is 2.58 bits per heavy atom. The summed E-state index contributed by atoms with van der Waals surface area (Å²) >= 11 is 1.63. The van der Waals surface area contributed by atoms with Crippen molar-refractivity contribution >= 4 is 31.5 Å². The van der Waals surface area contributed by atoms with Crippen LogP contribution in [0.15, 0.2) is 54.7 Å². The quantitative estimate of drug-likeness (QED) is 0.384. The standard InChI is InChI=1S/C21H18FNS/c1-21(2,3)13-10-11-23-17(12-13)14-6-4-7-15-19-16(22)8-5-9-18(19)24-20(14)15/h4-12H,1-3H3. The van der Waals surface area contributed by atoms with Crippen LogP contribution in [-0.2, 0) is 5.41 Å². The van der Waals surface area contributed by atoms with Gasteiger partial charge < -0.3 is 0 Å². The van der Waals surface area contributed by atoms with E-state index >= 15 is 0 Å². The highest BCUT2D eigenvalue weighted by molar-refractivity contribution is 7.26. The molecule has 0 amide bonds. The molecule has 0 bridgehead atoms. The number of benzene rings is 2. The minimum Gasteiger partial charge on any atom is -0.256 e. The maximum Gasteiger partial charge on any atom is 0.132 e. The van der Waals surface area contributed by atoms with Crippen molar-refractivity contribution in [3.63, 3.8) is 0 Å². The van der Waals surface area contributed by atoms with Crippen molar-refractivity contribution in [1.82, 2.24) is 4.98 Å². The first kappa shape index (κ1) is 15.3. The molecule has 2 aromatic carbocycles. The van der Waals surface area contributed by atoms with Crippen LogP contribution in [0.25, 0.3) is 31.4 Å². The van der Waals surface area contributed by atoms with E-state index in [-0.39, 0.29) is 11.2 Å². The zero-order valence-electron chi connectivity index (χ0n) is 13.9. The van der Waals surface area contributed by atoms with Crippen molar-refractivity contribution in [1.29, 1.82) is 0 Å². The Kier molecular flexibility index (Phi) is 3.43. The molecule has 0 atom stereocenters. The van der Waals surface area contributed by atoms with Crippen molar-refractivity contribution in [2.24, 2.45) is 0 Å². The summed E-state index contributed by atoms with van der Waals surface area (Å²) < 4.78 is 16.4. The maximum atomic E-state index is 14.3. The van der Waals surface area contributed by atoms with Gasteiger partial charge in [-0.05, 0) is 35.2 Å². The van der Waals surface area contributed by atoms with Gasteiger partial charge in [0.2, 0.25) is 0 Å². The molecule has 0 saturated heterocycles. The van der Waals surface area contributed by atoms with Crippen molar-refractivity contribution in [2.75, 3.05) is 0 Å². The van der Waals surface area contributed by atoms with E-state index in [9.17, 15) is 4.39 Å². The summed E-state index contributed by atoms with van der Waals surface area (Å²) in [5.74, 6) is -0.160. The van der Waals surface area contributed by atoms with Crippen LogP contribution in [0.5, 0.6) is 0 Å². The molecule has 2 aromatic heterocycles. The molecule has 0 aliphatic carbocycles. The molecule has 0 aliphatic rings. The number of fused-ring (bicyclic) bond motifs is 3. The van der Waals surface area contributed by atoms with Gasteiger partial charge in [0, 0.05) is 31.9 Å². The summed E-state index contributed by atoms with van der Waals surface area (Å²) in [7, 11) is 0. The van der Waals surface area contributed by atoms with E-state index in [0.717, 1.165) is 26.0 Å². The highest BCUT2D eigenvalue weighted by Gasteiger charge is 2.17. The van der Waals surface area contributed by atoms with Gasteiger partial charge in [0.25, 0.3) is 0 Å². The second-order valence-electron chi connectivity index (χ2n) is 7.08. The second-order valence-corrected chi connectivity index (χ2v) is 8.13. The summed E-state index contributed by atoms with van der Waals surface area (Å²) in [6.07, 6.45) is 1.86. The minimum absolute atomic E-state index is 0.0673. The van der Waals surface area contributed by atoms with E-state index in [1.807, 2.05) is 24.4 Å². The van der Waals surface area contributed by atoms with Crippen molar-refractivity contribution in [2.45, 2.75) is 26.2 Å². The predicted molar refractivity (Wildman–Crippen MR) is 101 cm³/mol. The fourth-order valence-electron chi connectivity index (χ4n) is 3.05. The molecule has 2 heterocycles. The Hall–Kier alpha value is -2.26. The Bertz CT molecular complexity index is 1060. The number of aromatic nitrogens is 1. The Morgan fingerprint density at radius 2 is 1.79 bits per heavy atom. The lowest BCUT2D eigenvalue weighted by molar-refractivity contribution is 0.589. The van der Waals surface area contributed by atoms with Gasteiger partial charge in [-0.25, -0.2) is 4.39 Å². The molecular formula is C21H18FNS. The van der Waals surface area contributed by atoms with Gasteiger partial charge >= 0.3 is 0 Å². The molecule has 1 nitrogen and oxygen atoms in total. The summed E-state index contributed by atoms with van der Waals surface area (Å²) in [6.45, 7) is 6.59. The molecule has 24 heavy (non-hydrogen) atoms. The van der Waals surface area contributed by atoms with E-state index in [1.165, 1.54) is 11.6 Å². The monoisotopic (exact) mass is 335 g/mol. The smallest absolute Gasteiger partial charge is 0.132 e. The molecule has 0 fully saturated rings. The number of nitrogens with zero attached hydrogens (tertiary/aromatic N) is 1. The zero-order chi connectivity index (χ0) is 16.9. The number of hydrogen-bond donors (Lipinski definition) is 0. The van der Waals surface area contributed by atoms with Crippen LogP contribution < -0.4 is 0 Å². The SMILES string of the molecule is CC(C)(C)c1ccnc(-c2cccc3c2sc2cccc(F)c23)c1. The third kappa shape index (κ3) is 2.40. The first-order chi connectivity index (χ1) is 11.4. The van der Waals surface area contributed by atoms with Crippen LogP contribution in [0.3, 0.4) is 0 Å². The average molecular weight is 335 g/mol. The highest BCUT2D eigenvalue weighted by Crippen LogP contribution is 2.40. The van der Waals surface area contributed by atoms with Crippen LogP contribution >= 0.6 is 11.3 Å². The maximum absolute atomic E-state index is 14.3. The number of rotatable bonds is 1. The molecule has 0 spiro atoms. The summed E-state index contributed by atoms with van der Waals surface area (Å²) in [5, 5.41) is 1.68. The number of halogens is 1. The van der Waals surface area contributed by atoms with E-state index in [1.54, 1.807) is 17.4 Å². The fraction of sp³-hybridized carbons (Fsp3) is 0.190. The molecular weight excluding hydrogens is 317 g/mol. The predicted octanol–water partition coefficient (Wildman–Crippen LogP) is 6.55. The van der Waals surface area contributed by atoms with Crippen LogP contribution in [0, 0.1) is 5.82 Å². The largest absolute Gasteiger partial charge is 0.256 e. The van der Waals surface area contributed by atoms with Gasteiger partial charge in [0.05, 0.1) is 5.69 Å². The second kappa shape index (κ2) is 5.38. The highest BCUT2D eigenvalue weighted by atomic mass is 32.1. The molecule has 120 valence electrons. The van der Waals surface area contributed by atoms with E-state index in [2.05, 4.69) is 44.0 Å². The molecule has 0 saturated carbocycles. The Balaban J connectivity index is 2.02. The summed E-state index contributed by atoms with van der Waals surface area (Å²) in [4.78, 5) is 4.58. The summed E-state index contributed by atoms with van der Waals surface area (Å²) in [5.41, 5.74) is 3.33. The Labute approximate surface area is 144 Å². The summed E-state index contributed by atoms with van der Waals surface area (Å²) in [6, 6.07) is 15.5. The minimum atomic E-state index is -0.160. The van der Waals surface area contributed by atoms with Crippen LogP contribution in [0.1, 0.15) is 26.3 Å². The van der Waals surface area contributed by atoms with Crippen LogP contribution in [0.4, 0.5) is 4.39 Å². The van der Waals surface area contributed by atoms with E-state index in [4.69, 9.17) is 0 Å². The lowest BCUT2D eigenvalue weighted by Crippen LogP contribution is -2.11. The number of thiophene rings is 1. The first-order valence-electron chi connectivity index (χ1n) is 8.02. The van der Waals surface area contributed by atoms with Gasteiger partial charge in [0.1, 0.15) is 5.82 Å². The topological polar surface area (TPSA) is 12.9 Å². The third-order valence-corrected chi connectivity index (χ3v) is 5.58. The van der Waals surface area contributed by atoms with E-state index in [0.29, 0.717) is 5.39 Å². The van der Waals surface area contributed by atoms with Gasteiger partial charge in [0.15, 0.2) is 0 Å². The Morgan fingerprint density at radius 1 is 1.00 bits per heavy atom. The molecule has 3 heteroatoms. The van der Waals surface area contributed by atoms with Crippen LogP contribution in [0.2, 0.25) is 0 Å². The van der Waals surface area contributed by atoms with Crippen molar-refractivity contribution < 1.29 is 4.39 Å². The van der Waals surface area contributed by atoms with Crippen molar-refractivity contribution in [3.05, 3.63) is 66.1 Å². The normalized spacial score (nSPS) is 12.2. The molecule has 0 aliphatic heterocycles. The molecule has 0 unspecified atom stereocenters. The van der Waals surface area contributed by atoms with Gasteiger partial charge in [-0.2, -0.15) is 0 Å². The molecule has 4 aromatic rings. The molecule has 0 radical (unpaired) electrons. The third-order valence-electron chi connectivity index (χ3n) is 4.37. The fourth-order valence-corrected chi connectivity index (χ4v) is 4.29. The number of pyridine rings is 1. The van der Waals surface area contributed by atoms with Gasteiger partial charge in [-0.15, -0.1) is 11.3 Å². The van der Waals surface area contributed by atoms with Gasteiger partial charge in [-0.3, -0.25) is 4.98 Å². The number of hydrogen-bond acceptors (Lipinski definition) is 2. The lowest BCUT2D eigenvalue weighted by Gasteiger charge is -2.19. The molecule has 0 N–H and O–H groups in total. The molecule has 4 rings (SSSR count). The van der Waals surface area contributed by atoms with E-state index < -0.39 is 0 Å².